The summed E-state index contributed by atoms with van der Waals surface area (Å²) in [5.41, 5.74) is 0.810. The molecule has 4 aromatic heterocycles. The molecule has 4 aromatic rings. The molecule has 0 N–H and O–H groups in total. The Hall–Kier alpha value is -3.67. The van der Waals surface area contributed by atoms with Crippen LogP contribution in [0.4, 0.5) is 13.2 Å². The van der Waals surface area contributed by atoms with Crippen LogP contribution in [0.25, 0.3) is 22.5 Å². The predicted octanol–water partition coefficient (Wildman–Crippen LogP) is 5.01. The molecule has 3 saturated carbocycles. The number of pyridine rings is 2. The molecule has 2 atom stereocenters. The highest BCUT2D eigenvalue weighted by atomic mass is 19.4. The number of ether oxygens (including phenoxy) is 1. The van der Waals surface area contributed by atoms with Gasteiger partial charge in [0.2, 0.25) is 5.56 Å². The van der Waals surface area contributed by atoms with E-state index in [2.05, 4.69) is 10.1 Å². The number of alkyl halides is 3. The Morgan fingerprint density at radius 2 is 1.85 bits per heavy atom. The maximum Gasteiger partial charge on any atom is 0.394 e. The van der Waals surface area contributed by atoms with Gasteiger partial charge in [0.25, 0.3) is 5.89 Å². The Kier molecular flexibility index (Phi) is 5.33. The van der Waals surface area contributed by atoms with E-state index in [-0.39, 0.29) is 36.8 Å². The van der Waals surface area contributed by atoms with Crippen LogP contribution < -0.4 is 5.56 Å². The van der Waals surface area contributed by atoms with Gasteiger partial charge in [-0.05, 0) is 63.6 Å². The fourth-order valence-electron chi connectivity index (χ4n) is 6.78. The topological polar surface area (TPSA) is 109 Å². The third-order valence-corrected chi connectivity index (χ3v) is 8.92. The van der Waals surface area contributed by atoms with Gasteiger partial charge in [-0.3, -0.25) is 4.79 Å². The molecule has 5 heterocycles. The number of aromatic nitrogens is 6. The highest BCUT2D eigenvalue weighted by molar-refractivity contribution is 5.84. The molecule has 9 nitrogen and oxygen atoms in total. The Balaban J connectivity index is 1.31. The van der Waals surface area contributed by atoms with Gasteiger partial charge in [0, 0.05) is 42.6 Å². The van der Waals surface area contributed by atoms with Crippen molar-refractivity contribution in [2.75, 3.05) is 6.61 Å². The summed E-state index contributed by atoms with van der Waals surface area (Å²) in [6.45, 7) is 4.00. The lowest BCUT2D eigenvalue weighted by atomic mass is 9.33. The van der Waals surface area contributed by atoms with E-state index in [1.54, 1.807) is 26.2 Å². The quantitative estimate of drug-likeness (QED) is 0.348. The second kappa shape index (κ2) is 8.42. The molecule has 4 aliphatic rings. The van der Waals surface area contributed by atoms with Crippen LogP contribution in [-0.2, 0) is 17.2 Å². The number of hydrogen-bond acceptors (Lipinski definition) is 8. The second-order valence-corrected chi connectivity index (χ2v) is 11.7. The minimum atomic E-state index is -4.23. The van der Waals surface area contributed by atoms with Crippen molar-refractivity contribution in [3.63, 3.8) is 0 Å². The monoisotopic (exact) mass is 552 g/mol. The molecule has 3 aliphatic carbocycles. The van der Waals surface area contributed by atoms with Crippen molar-refractivity contribution in [1.82, 2.24) is 29.7 Å². The zero-order valence-corrected chi connectivity index (χ0v) is 22.2. The van der Waals surface area contributed by atoms with Crippen LogP contribution in [0, 0.1) is 19.3 Å². The van der Waals surface area contributed by atoms with Gasteiger partial charge in [0.15, 0.2) is 11.5 Å². The lowest BCUT2D eigenvalue weighted by Crippen LogP contribution is -2.70. The van der Waals surface area contributed by atoms with E-state index in [1.165, 1.54) is 10.6 Å². The molecule has 0 aromatic carbocycles. The van der Waals surface area contributed by atoms with E-state index in [0.717, 1.165) is 5.56 Å². The molecule has 12 heteroatoms. The number of halogens is 3. The van der Waals surface area contributed by atoms with Gasteiger partial charge in [0.1, 0.15) is 5.82 Å². The smallest absolute Gasteiger partial charge is 0.373 e. The van der Waals surface area contributed by atoms with Crippen LogP contribution >= 0.6 is 0 Å². The third kappa shape index (κ3) is 3.71. The zero-order chi connectivity index (χ0) is 28.0. The van der Waals surface area contributed by atoms with Gasteiger partial charge in [-0.1, -0.05) is 5.16 Å². The van der Waals surface area contributed by atoms with Crippen LogP contribution in [0.1, 0.15) is 72.7 Å². The maximum atomic E-state index is 13.8. The molecule has 40 heavy (non-hydrogen) atoms. The Bertz CT molecular complexity index is 1710. The summed E-state index contributed by atoms with van der Waals surface area (Å²) in [4.78, 5) is 30.8. The van der Waals surface area contributed by atoms with Crippen LogP contribution in [0.2, 0.25) is 0 Å². The summed E-state index contributed by atoms with van der Waals surface area (Å²) in [7, 11) is 1.69. The molecule has 1 saturated heterocycles. The highest BCUT2D eigenvalue weighted by Crippen LogP contribution is 2.78. The van der Waals surface area contributed by atoms with E-state index >= 15 is 0 Å². The summed E-state index contributed by atoms with van der Waals surface area (Å²) < 4.78 is 54.3. The van der Waals surface area contributed by atoms with Gasteiger partial charge >= 0.3 is 6.18 Å². The van der Waals surface area contributed by atoms with Crippen LogP contribution in [0.3, 0.4) is 0 Å². The van der Waals surface area contributed by atoms with Gasteiger partial charge < -0.3 is 13.8 Å². The summed E-state index contributed by atoms with van der Waals surface area (Å²) in [6.07, 6.45) is -1.40. The van der Waals surface area contributed by atoms with Crippen molar-refractivity contribution in [3.05, 3.63) is 63.3 Å². The number of fused-ring (bicyclic) bond motifs is 1. The van der Waals surface area contributed by atoms with Crippen molar-refractivity contribution < 1.29 is 22.4 Å². The van der Waals surface area contributed by atoms with Crippen molar-refractivity contribution in [3.8, 4) is 11.5 Å². The molecule has 0 amide bonds. The third-order valence-electron chi connectivity index (χ3n) is 8.92. The highest BCUT2D eigenvalue weighted by Gasteiger charge is 2.79. The van der Waals surface area contributed by atoms with E-state index in [9.17, 15) is 18.0 Å². The van der Waals surface area contributed by atoms with Gasteiger partial charge in [-0.25, -0.2) is 15.0 Å². The van der Waals surface area contributed by atoms with Crippen molar-refractivity contribution in [2.24, 2.45) is 12.5 Å². The lowest BCUT2D eigenvalue weighted by molar-refractivity contribution is -0.337. The average molecular weight is 553 g/mol. The summed E-state index contributed by atoms with van der Waals surface area (Å²) >= 11 is 0. The van der Waals surface area contributed by atoms with Crippen molar-refractivity contribution >= 4 is 11.0 Å². The fraction of sp³-hybridized carbons (Fsp3) is 0.500. The molecule has 208 valence electrons. The molecule has 0 radical (unpaired) electrons. The fourth-order valence-corrected chi connectivity index (χ4v) is 6.78. The van der Waals surface area contributed by atoms with Crippen molar-refractivity contribution in [1.29, 1.82) is 0 Å². The Morgan fingerprint density at radius 3 is 2.52 bits per heavy atom. The SMILES string of the molecule is Cc1noc(-c2cc3c(C45CC(C(F)(F)F)(C4)C5)nc([C@H]4CCO[C@@H](c5ccc(=O)n(C)c5)C4)nc3nc2C)n1. The lowest BCUT2D eigenvalue weighted by Gasteiger charge is -2.70. The Morgan fingerprint density at radius 1 is 1.07 bits per heavy atom. The van der Waals surface area contributed by atoms with Crippen LogP contribution in [-0.4, -0.2) is 42.4 Å². The van der Waals surface area contributed by atoms with Crippen molar-refractivity contribution in [2.45, 2.75) is 69.6 Å². The summed E-state index contributed by atoms with van der Waals surface area (Å²) in [5.74, 6) is 1.26. The van der Waals surface area contributed by atoms with E-state index in [0.29, 0.717) is 65.0 Å². The molecule has 4 fully saturated rings. The minimum absolute atomic E-state index is 0.0202. The molecule has 8 rings (SSSR count). The molecule has 2 bridgehead atoms. The number of hydrogen-bond donors (Lipinski definition) is 0. The summed E-state index contributed by atoms with van der Waals surface area (Å²) in [6, 6.07) is 5.12. The van der Waals surface area contributed by atoms with Gasteiger partial charge in [0.05, 0.1) is 28.5 Å². The summed E-state index contributed by atoms with van der Waals surface area (Å²) in [5, 5.41) is 4.50. The predicted molar refractivity (Wildman–Crippen MR) is 136 cm³/mol. The normalized spacial score (nSPS) is 27.9. The van der Waals surface area contributed by atoms with Crippen LogP contribution in [0.15, 0.2) is 33.7 Å². The zero-order valence-electron chi connectivity index (χ0n) is 22.2. The molecule has 1 aliphatic heterocycles. The number of nitrogens with zero attached hydrogens (tertiary/aromatic N) is 6. The molecular weight excluding hydrogens is 525 g/mol. The first-order valence-electron chi connectivity index (χ1n) is 13.3. The van der Waals surface area contributed by atoms with E-state index in [1.807, 2.05) is 13.0 Å². The van der Waals surface area contributed by atoms with E-state index < -0.39 is 17.0 Å². The average Bonchev–Trinajstić information content (AvgIpc) is 3.28. The second-order valence-electron chi connectivity index (χ2n) is 11.7. The van der Waals surface area contributed by atoms with Crippen LogP contribution in [0.5, 0.6) is 0 Å². The largest absolute Gasteiger partial charge is 0.394 e. The van der Waals surface area contributed by atoms with E-state index in [4.69, 9.17) is 24.2 Å². The standard InChI is InChI=1S/C28H27F3N6O3/c1-14-18(25-33-15(2)36-40-25)9-19-22(26-11-27(12-26,13-26)28(29,30)31)34-23(35-24(19)32-14)16-6-7-39-20(8-16)17-4-5-21(38)37(3)10-17/h4-5,9-10,16,20H,6-8,11-13H2,1-3H3/t16-,20+,26?,27?/m0/s1. The number of aryl methyl sites for hydroxylation is 3. The minimum Gasteiger partial charge on any atom is -0.373 e. The first-order chi connectivity index (χ1) is 19.0. The van der Waals surface area contributed by atoms with Gasteiger partial charge in [-0.2, -0.15) is 18.2 Å². The molecule has 0 unspecified atom stereocenters. The molecular formula is C28H27F3N6O3. The maximum absolute atomic E-state index is 13.8. The first kappa shape index (κ1) is 25.3. The number of rotatable bonds is 4. The Labute approximate surface area is 226 Å². The first-order valence-corrected chi connectivity index (χ1v) is 13.3. The van der Waals surface area contributed by atoms with Gasteiger partial charge in [-0.15, -0.1) is 0 Å². The molecule has 0 spiro atoms.